The number of hydrogen-bond acceptors (Lipinski definition) is 5. The fourth-order valence-electron chi connectivity index (χ4n) is 2.73. The van der Waals surface area contributed by atoms with Crippen molar-refractivity contribution < 1.29 is 23.9 Å². The summed E-state index contributed by atoms with van der Waals surface area (Å²) in [6, 6.07) is 11.3. The van der Waals surface area contributed by atoms with E-state index < -0.39 is 11.8 Å². The van der Waals surface area contributed by atoms with E-state index in [4.69, 9.17) is 9.47 Å². The summed E-state index contributed by atoms with van der Waals surface area (Å²) < 4.78 is 10.8. The van der Waals surface area contributed by atoms with Crippen LogP contribution in [0.15, 0.2) is 42.5 Å². The maximum Gasteiger partial charge on any atom is 0.269 e. The van der Waals surface area contributed by atoms with Gasteiger partial charge in [-0.05, 0) is 55.7 Å². The number of rotatable bonds is 8. The maximum atomic E-state index is 12.4. The van der Waals surface area contributed by atoms with Crippen molar-refractivity contribution in [2.24, 2.45) is 5.92 Å². The van der Waals surface area contributed by atoms with Crippen molar-refractivity contribution in [3.8, 4) is 11.5 Å². The first-order chi connectivity index (χ1) is 14.5. The molecule has 1 saturated carbocycles. The summed E-state index contributed by atoms with van der Waals surface area (Å²) in [4.78, 5) is 36.6. The zero-order chi connectivity index (χ0) is 21.5. The SMILES string of the molecule is CCCOc1ccc(C(=O)NNC(=O)c2cccc(NC(=O)C3CC3)c2)cc1OC. The minimum Gasteiger partial charge on any atom is -0.493 e. The minimum atomic E-state index is -0.499. The quantitative estimate of drug-likeness (QED) is 0.579. The summed E-state index contributed by atoms with van der Waals surface area (Å²) >= 11 is 0. The fourth-order valence-corrected chi connectivity index (χ4v) is 2.73. The summed E-state index contributed by atoms with van der Waals surface area (Å²) in [7, 11) is 1.49. The molecular formula is C22H25N3O5. The van der Waals surface area contributed by atoms with Crippen LogP contribution < -0.4 is 25.6 Å². The second-order valence-electron chi connectivity index (χ2n) is 6.97. The molecule has 2 aromatic carbocycles. The van der Waals surface area contributed by atoms with Crippen LogP contribution in [0, 0.1) is 5.92 Å². The van der Waals surface area contributed by atoms with Crippen LogP contribution in [0.5, 0.6) is 11.5 Å². The Hall–Kier alpha value is -3.55. The molecule has 3 rings (SSSR count). The van der Waals surface area contributed by atoms with Gasteiger partial charge in [-0.2, -0.15) is 0 Å². The van der Waals surface area contributed by atoms with E-state index in [1.165, 1.54) is 7.11 Å². The standard InChI is InChI=1S/C22H25N3O5/c1-3-11-30-18-10-9-16(13-19(18)29-2)22(28)25-24-21(27)15-5-4-6-17(12-15)23-20(26)14-7-8-14/h4-6,9-10,12-14H,3,7-8,11H2,1-2H3,(H,23,26)(H,24,27)(H,25,28). The highest BCUT2D eigenvalue weighted by atomic mass is 16.5. The molecule has 0 atom stereocenters. The van der Waals surface area contributed by atoms with Gasteiger partial charge in [0.25, 0.3) is 11.8 Å². The van der Waals surface area contributed by atoms with Gasteiger partial charge in [0, 0.05) is 22.7 Å². The fraction of sp³-hybridized carbons (Fsp3) is 0.318. The first-order valence-corrected chi connectivity index (χ1v) is 9.84. The van der Waals surface area contributed by atoms with Crippen molar-refractivity contribution in [2.45, 2.75) is 26.2 Å². The van der Waals surface area contributed by atoms with Crippen LogP contribution in [0.1, 0.15) is 46.9 Å². The zero-order valence-corrected chi connectivity index (χ0v) is 17.0. The highest BCUT2D eigenvalue weighted by molar-refractivity contribution is 6.00. The van der Waals surface area contributed by atoms with E-state index in [0.29, 0.717) is 34.9 Å². The first kappa shape index (κ1) is 21.2. The lowest BCUT2D eigenvalue weighted by Crippen LogP contribution is -2.41. The maximum absolute atomic E-state index is 12.4. The molecule has 8 nitrogen and oxygen atoms in total. The summed E-state index contributed by atoms with van der Waals surface area (Å²) in [6.45, 7) is 2.53. The van der Waals surface area contributed by atoms with E-state index in [9.17, 15) is 14.4 Å². The molecule has 0 radical (unpaired) electrons. The Bertz CT molecular complexity index is 940. The minimum absolute atomic E-state index is 0.0406. The molecule has 0 aromatic heterocycles. The lowest BCUT2D eigenvalue weighted by atomic mass is 10.2. The molecule has 1 aliphatic rings. The van der Waals surface area contributed by atoms with Gasteiger partial charge < -0.3 is 14.8 Å². The summed E-state index contributed by atoms with van der Waals surface area (Å²) in [5.74, 6) is 0.00726. The third-order valence-electron chi connectivity index (χ3n) is 4.52. The number of nitrogens with one attached hydrogen (secondary N) is 3. The van der Waals surface area contributed by atoms with Crippen LogP contribution in [0.2, 0.25) is 0 Å². The molecule has 0 spiro atoms. The van der Waals surface area contributed by atoms with E-state index >= 15 is 0 Å². The van der Waals surface area contributed by atoms with Crippen molar-refractivity contribution >= 4 is 23.4 Å². The molecule has 3 amide bonds. The predicted octanol–water partition coefficient (Wildman–Crippen LogP) is 2.91. The van der Waals surface area contributed by atoms with Crippen molar-refractivity contribution in [3.63, 3.8) is 0 Å². The third kappa shape index (κ3) is 5.50. The number of hydrogen-bond donors (Lipinski definition) is 3. The molecule has 0 aliphatic heterocycles. The van der Waals surface area contributed by atoms with Gasteiger partial charge in [-0.3, -0.25) is 25.2 Å². The lowest BCUT2D eigenvalue weighted by molar-refractivity contribution is -0.117. The summed E-state index contributed by atoms with van der Waals surface area (Å²) in [6.07, 6.45) is 2.64. The van der Waals surface area contributed by atoms with Gasteiger partial charge in [0.05, 0.1) is 13.7 Å². The Morgan fingerprint density at radius 1 is 0.967 bits per heavy atom. The van der Waals surface area contributed by atoms with Crippen LogP contribution in [0.25, 0.3) is 0 Å². The number of benzene rings is 2. The highest BCUT2D eigenvalue weighted by Crippen LogP contribution is 2.30. The Morgan fingerprint density at radius 2 is 1.67 bits per heavy atom. The number of carbonyl (C=O) groups is 3. The number of carbonyl (C=O) groups excluding carboxylic acids is 3. The van der Waals surface area contributed by atoms with E-state index in [1.807, 2.05) is 6.92 Å². The number of ether oxygens (including phenoxy) is 2. The summed E-state index contributed by atoms with van der Waals surface area (Å²) in [5, 5.41) is 2.79. The van der Waals surface area contributed by atoms with Crippen LogP contribution in [0.4, 0.5) is 5.69 Å². The van der Waals surface area contributed by atoms with Crippen LogP contribution in [0.3, 0.4) is 0 Å². The van der Waals surface area contributed by atoms with E-state index in [2.05, 4.69) is 16.2 Å². The third-order valence-corrected chi connectivity index (χ3v) is 4.52. The Balaban J connectivity index is 1.59. The van der Waals surface area contributed by atoms with Crippen LogP contribution in [-0.4, -0.2) is 31.4 Å². The van der Waals surface area contributed by atoms with Gasteiger partial charge in [-0.1, -0.05) is 13.0 Å². The lowest BCUT2D eigenvalue weighted by Gasteiger charge is -2.12. The van der Waals surface area contributed by atoms with E-state index in [0.717, 1.165) is 19.3 Å². The van der Waals surface area contributed by atoms with Crippen LogP contribution in [-0.2, 0) is 4.79 Å². The number of hydrazine groups is 1. The number of amides is 3. The molecule has 0 heterocycles. The molecule has 2 aromatic rings. The molecule has 158 valence electrons. The predicted molar refractivity (Wildman–Crippen MR) is 112 cm³/mol. The molecule has 1 fully saturated rings. The monoisotopic (exact) mass is 411 g/mol. The average molecular weight is 411 g/mol. The van der Waals surface area contributed by atoms with Crippen molar-refractivity contribution in [2.75, 3.05) is 19.0 Å². The van der Waals surface area contributed by atoms with Crippen LogP contribution >= 0.6 is 0 Å². The van der Waals surface area contributed by atoms with Gasteiger partial charge in [0.1, 0.15) is 0 Å². The molecule has 8 heteroatoms. The van der Waals surface area contributed by atoms with Gasteiger partial charge in [0.2, 0.25) is 5.91 Å². The van der Waals surface area contributed by atoms with E-state index in [-0.39, 0.29) is 11.8 Å². The van der Waals surface area contributed by atoms with Crippen molar-refractivity contribution in [1.29, 1.82) is 0 Å². The Morgan fingerprint density at radius 3 is 2.30 bits per heavy atom. The molecule has 30 heavy (non-hydrogen) atoms. The largest absolute Gasteiger partial charge is 0.493 e. The zero-order valence-electron chi connectivity index (χ0n) is 17.0. The first-order valence-electron chi connectivity index (χ1n) is 9.84. The Kier molecular flexibility index (Phi) is 6.90. The smallest absolute Gasteiger partial charge is 0.269 e. The summed E-state index contributed by atoms with van der Waals surface area (Å²) in [5.41, 5.74) is 5.91. The second kappa shape index (κ2) is 9.78. The average Bonchev–Trinajstić information content (AvgIpc) is 3.61. The van der Waals surface area contributed by atoms with E-state index in [1.54, 1.807) is 42.5 Å². The number of methoxy groups -OCH3 is 1. The van der Waals surface area contributed by atoms with Gasteiger partial charge in [-0.15, -0.1) is 0 Å². The van der Waals surface area contributed by atoms with Gasteiger partial charge >= 0.3 is 0 Å². The molecule has 0 saturated heterocycles. The normalized spacial score (nSPS) is 12.6. The topological polar surface area (TPSA) is 106 Å². The Labute approximate surface area is 174 Å². The molecular weight excluding hydrogens is 386 g/mol. The van der Waals surface area contributed by atoms with Crippen molar-refractivity contribution in [3.05, 3.63) is 53.6 Å². The van der Waals surface area contributed by atoms with Gasteiger partial charge in [-0.25, -0.2) is 0 Å². The molecule has 1 aliphatic carbocycles. The molecule has 3 N–H and O–H groups in total. The number of anilines is 1. The van der Waals surface area contributed by atoms with Gasteiger partial charge in [0.15, 0.2) is 11.5 Å². The highest BCUT2D eigenvalue weighted by Gasteiger charge is 2.29. The molecule has 0 bridgehead atoms. The molecule has 0 unspecified atom stereocenters. The van der Waals surface area contributed by atoms with Crippen molar-refractivity contribution in [1.82, 2.24) is 10.9 Å². The second-order valence-corrected chi connectivity index (χ2v) is 6.97.